The van der Waals surface area contributed by atoms with Gasteiger partial charge in [0.2, 0.25) is 0 Å². The van der Waals surface area contributed by atoms with Crippen LogP contribution in [0.3, 0.4) is 0 Å². The molecule has 1 atom stereocenters. The molecule has 1 aliphatic heterocycles. The van der Waals surface area contributed by atoms with Gasteiger partial charge in [0.05, 0.1) is 17.8 Å². The number of nitrogens with zero attached hydrogens (tertiary/aromatic N) is 2. The fourth-order valence-corrected chi connectivity index (χ4v) is 2.59. The van der Waals surface area contributed by atoms with E-state index in [2.05, 4.69) is 10.4 Å². The van der Waals surface area contributed by atoms with E-state index in [9.17, 15) is 13.2 Å². The van der Waals surface area contributed by atoms with Crippen LogP contribution in [-0.2, 0) is 12.7 Å². The van der Waals surface area contributed by atoms with Crippen molar-refractivity contribution in [2.45, 2.75) is 31.6 Å². The quantitative estimate of drug-likeness (QED) is 0.941. The van der Waals surface area contributed by atoms with Crippen LogP contribution in [0.5, 0.6) is 0 Å². The summed E-state index contributed by atoms with van der Waals surface area (Å²) in [7, 11) is 0. The van der Waals surface area contributed by atoms with Crippen LogP contribution < -0.4 is 5.32 Å². The highest BCUT2D eigenvalue weighted by atomic mass is 19.4. The molecule has 0 unspecified atom stereocenters. The molecule has 0 aliphatic carbocycles. The molecular weight excluding hydrogens is 279 g/mol. The number of alkyl halides is 3. The minimum absolute atomic E-state index is 0.436. The van der Waals surface area contributed by atoms with Crippen molar-refractivity contribution in [2.75, 3.05) is 6.54 Å². The van der Waals surface area contributed by atoms with Crippen LogP contribution in [0, 0.1) is 0 Å². The lowest BCUT2D eigenvalue weighted by Gasteiger charge is -2.09. The fourth-order valence-electron chi connectivity index (χ4n) is 2.59. The number of halogens is 3. The van der Waals surface area contributed by atoms with Gasteiger partial charge in [0.1, 0.15) is 0 Å². The largest absolute Gasteiger partial charge is 0.416 e. The zero-order valence-corrected chi connectivity index (χ0v) is 11.4. The van der Waals surface area contributed by atoms with Crippen molar-refractivity contribution in [1.29, 1.82) is 0 Å². The first-order valence-corrected chi connectivity index (χ1v) is 6.97. The van der Waals surface area contributed by atoms with Gasteiger partial charge in [-0.15, -0.1) is 0 Å². The lowest BCUT2D eigenvalue weighted by Crippen LogP contribution is -2.26. The molecule has 0 spiro atoms. The average Bonchev–Trinajstić information content (AvgIpc) is 3.10. The lowest BCUT2D eigenvalue weighted by atomic mass is 10.1. The first-order valence-electron chi connectivity index (χ1n) is 6.97. The van der Waals surface area contributed by atoms with Gasteiger partial charge in [-0.05, 0) is 37.6 Å². The molecule has 0 bridgehead atoms. The summed E-state index contributed by atoms with van der Waals surface area (Å²) < 4.78 is 39.4. The Morgan fingerprint density at radius 2 is 1.95 bits per heavy atom. The standard InChI is InChI=1S/C15H16F3N3/c16-15(17,18)12-5-3-11(4-6-12)14-7-9-21(20-14)10-13-2-1-8-19-13/h3-7,9,13,19H,1-2,8,10H2/t13-/m0/s1. The summed E-state index contributed by atoms with van der Waals surface area (Å²) in [5.74, 6) is 0. The Morgan fingerprint density at radius 3 is 2.57 bits per heavy atom. The third-order valence-electron chi connectivity index (χ3n) is 3.72. The van der Waals surface area contributed by atoms with Crippen molar-refractivity contribution in [2.24, 2.45) is 0 Å². The third-order valence-corrected chi connectivity index (χ3v) is 3.72. The van der Waals surface area contributed by atoms with E-state index in [4.69, 9.17) is 0 Å². The van der Waals surface area contributed by atoms with Gasteiger partial charge in [-0.25, -0.2) is 0 Å². The molecule has 2 aromatic rings. The fraction of sp³-hybridized carbons (Fsp3) is 0.400. The third kappa shape index (κ3) is 3.26. The molecule has 1 aromatic heterocycles. The number of hydrogen-bond donors (Lipinski definition) is 1. The Morgan fingerprint density at radius 1 is 1.19 bits per heavy atom. The van der Waals surface area contributed by atoms with E-state index in [0.29, 0.717) is 17.3 Å². The maximum absolute atomic E-state index is 12.5. The average molecular weight is 295 g/mol. The highest BCUT2D eigenvalue weighted by Crippen LogP contribution is 2.30. The monoisotopic (exact) mass is 295 g/mol. The van der Waals surface area contributed by atoms with Crippen LogP contribution in [0.25, 0.3) is 11.3 Å². The van der Waals surface area contributed by atoms with Crippen LogP contribution in [0.4, 0.5) is 13.2 Å². The van der Waals surface area contributed by atoms with Crippen molar-refractivity contribution in [3.8, 4) is 11.3 Å². The van der Waals surface area contributed by atoms with Crippen LogP contribution in [0.15, 0.2) is 36.5 Å². The van der Waals surface area contributed by atoms with E-state index in [0.717, 1.165) is 31.6 Å². The van der Waals surface area contributed by atoms with Gasteiger partial charge in [0, 0.05) is 17.8 Å². The predicted molar refractivity (Wildman–Crippen MR) is 73.7 cm³/mol. The molecule has 3 rings (SSSR count). The van der Waals surface area contributed by atoms with E-state index < -0.39 is 11.7 Å². The lowest BCUT2D eigenvalue weighted by molar-refractivity contribution is -0.137. The highest BCUT2D eigenvalue weighted by molar-refractivity contribution is 5.59. The molecule has 6 heteroatoms. The Kier molecular flexibility index (Phi) is 3.71. The maximum atomic E-state index is 12.5. The molecule has 1 aliphatic rings. The van der Waals surface area contributed by atoms with Crippen molar-refractivity contribution >= 4 is 0 Å². The minimum atomic E-state index is -4.30. The van der Waals surface area contributed by atoms with Crippen molar-refractivity contribution in [3.05, 3.63) is 42.1 Å². The van der Waals surface area contributed by atoms with E-state index in [1.807, 2.05) is 16.9 Å². The summed E-state index contributed by atoms with van der Waals surface area (Å²) in [4.78, 5) is 0. The molecule has 2 heterocycles. The molecular formula is C15H16F3N3. The summed E-state index contributed by atoms with van der Waals surface area (Å²) >= 11 is 0. The number of benzene rings is 1. The topological polar surface area (TPSA) is 29.9 Å². The summed E-state index contributed by atoms with van der Waals surface area (Å²) in [5.41, 5.74) is 0.753. The van der Waals surface area contributed by atoms with Gasteiger partial charge < -0.3 is 5.32 Å². The minimum Gasteiger partial charge on any atom is -0.312 e. The van der Waals surface area contributed by atoms with Gasteiger partial charge in [0.25, 0.3) is 0 Å². The molecule has 1 fully saturated rings. The molecule has 3 nitrogen and oxygen atoms in total. The smallest absolute Gasteiger partial charge is 0.312 e. The van der Waals surface area contributed by atoms with Crippen LogP contribution in [-0.4, -0.2) is 22.4 Å². The maximum Gasteiger partial charge on any atom is 0.416 e. The Hall–Kier alpha value is -1.82. The number of aromatic nitrogens is 2. The summed E-state index contributed by atoms with van der Waals surface area (Å²) in [6.45, 7) is 1.83. The second kappa shape index (κ2) is 5.52. The number of hydrogen-bond acceptors (Lipinski definition) is 2. The highest BCUT2D eigenvalue weighted by Gasteiger charge is 2.30. The summed E-state index contributed by atoms with van der Waals surface area (Å²) in [6, 6.07) is 7.37. The second-order valence-corrected chi connectivity index (χ2v) is 5.29. The SMILES string of the molecule is FC(F)(F)c1ccc(-c2ccn(C[C@@H]3CCCN3)n2)cc1. The van der Waals surface area contributed by atoms with Gasteiger partial charge in [0.15, 0.2) is 0 Å². The van der Waals surface area contributed by atoms with Gasteiger partial charge in [-0.1, -0.05) is 12.1 Å². The molecule has 112 valence electrons. The molecule has 1 saturated heterocycles. The van der Waals surface area contributed by atoms with E-state index in [1.165, 1.54) is 18.6 Å². The van der Waals surface area contributed by atoms with E-state index in [-0.39, 0.29) is 0 Å². The predicted octanol–water partition coefficient (Wildman–Crippen LogP) is 3.32. The van der Waals surface area contributed by atoms with Crippen molar-refractivity contribution < 1.29 is 13.2 Å². The Balaban J connectivity index is 1.73. The van der Waals surface area contributed by atoms with Crippen LogP contribution in [0.2, 0.25) is 0 Å². The van der Waals surface area contributed by atoms with Crippen LogP contribution in [0.1, 0.15) is 18.4 Å². The number of nitrogens with one attached hydrogen (secondary N) is 1. The molecule has 0 saturated carbocycles. The zero-order chi connectivity index (χ0) is 14.9. The van der Waals surface area contributed by atoms with Gasteiger partial charge >= 0.3 is 6.18 Å². The molecule has 0 radical (unpaired) electrons. The van der Waals surface area contributed by atoms with Crippen molar-refractivity contribution in [3.63, 3.8) is 0 Å². The van der Waals surface area contributed by atoms with Gasteiger partial charge in [-0.2, -0.15) is 18.3 Å². The zero-order valence-electron chi connectivity index (χ0n) is 11.4. The second-order valence-electron chi connectivity index (χ2n) is 5.29. The first-order chi connectivity index (χ1) is 10.0. The van der Waals surface area contributed by atoms with E-state index in [1.54, 1.807) is 0 Å². The molecule has 1 N–H and O–H groups in total. The van der Waals surface area contributed by atoms with E-state index >= 15 is 0 Å². The molecule has 1 aromatic carbocycles. The normalized spacial score (nSPS) is 19.1. The summed E-state index contributed by atoms with van der Waals surface area (Å²) in [5, 5.41) is 7.82. The molecule has 21 heavy (non-hydrogen) atoms. The molecule has 0 amide bonds. The number of rotatable bonds is 3. The summed E-state index contributed by atoms with van der Waals surface area (Å²) in [6.07, 6.45) is -0.119. The van der Waals surface area contributed by atoms with Crippen LogP contribution >= 0.6 is 0 Å². The Labute approximate surface area is 120 Å². The Bertz CT molecular complexity index is 595. The first kappa shape index (κ1) is 14.1. The van der Waals surface area contributed by atoms with Gasteiger partial charge in [-0.3, -0.25) is 4.68 Å². The van der Waals surface area contributed by atoms with Crippen molar-refractivity contribution in [1.82, 2.24) is 15.1 Å².